The first-order valence-corrected chi connectivity index (χ1v) is 8.97. The Bertz CT molecular complexity index is 825. The van der Waals surface area contributed by atoms with Gasteiger partial charge >= 0.3 is 0 Å². The minimum absolute atomic E-state index is 0.147. The molecule has 0 saturated heterocycles. The van der Waals surface area contributed by atoms with Crippen molar-refractivity contribution in [1.29, 1.82) is 0 Å². The third-order valence-electron chi connectivity index (χ3n) is 5.69. The quantitative estimate of drug-likeness (QED) is 0.843. The fourth-order valence-electron chi connectivity index (χ4n) is 4.58. The van der Waals surface area contributed by atoms with Crippen molar-refractivity contribution < 1.29 is 19.7 Å². The highest BCUT2D eigenvalue weighted by atomic mass is 16.5. The van der Waals surface area contributed by atoms with E-state index in [-0.39, 0.29) is 11.5 Å². The number of fused-ring (bicyclic) bond motifs is 3. The summed E-state index contributed by atoms with van der Waals surface area (Å²) in [5.41, 5.74) is 5.09. The summed E-state index contributed by atoms with van der Waals surface area (Å²) in [7, 11) is 3.11. The molecule has 25 heavy (non-hydrogen) atoms. The molecule has 2 N–H and O–H groups in total. The Balaban J connectivity index is 2.09. The van der Waals surface area contributed by atoms with Crippen molar-refractivity contribution in [1.82, 2.24) is 0 Å². The number of methoxy groups -OCH3 is 2. The Labute approximate surface area is 148 Å². The Morgan fingerprint density at radius 2 is 1.60 bits per heavy atom. The van der Waals surface area contributed by atoms with Gasteiger partial charge < -0.3 is 19.7 Å². The molecule has 4 rings (SSSR count). The van der Waals surface area contributed by atoms with E-state index < -0.39 is 0 Å². The maximum atomic E-state index is 10.7. The fourth-order valence-corrected chi connectivity index (χ4v) is 4.58. The Kier molecular flexibility index (Phi) is 3.98. The van der Waals surface area contributed by atoms with Gasteiger partial charge in [0.15, 0.2) is 11.5 Å². The molecule has 0 heterocycles. The highest BCUT2D eigenvalue weighted by Gasteiger charge is 2.31. The molecule has 0 fully saturated rings. The zero-order valence-electron chi connectivity index (χ0n) is 14.8. The van der Waals surface area contributed by atoms with Crippen molar-refractivity contribution in [2.45, 2.75) is 44.4 Å². The van der Waals surface area contributed by atoms with E-state index in [1.807, 2.05) is 6.07 Å². The van der Waals surface area contributed by atoms with Crippen LogP contribution in [0.1, 0.15) is 48.3 Å². The van der Waals surface area contributed by atoms with Crippen LogP contribution in [0, 0.1) is 0 Å². The second kappa shape index (κ2) is 6.17. The van der Waals surface area contributed by atoms with Gasteiger partial charge in [-0.25, -0.2) is 0 Å². The van der Waals surface area contributed by atoms with Crippen LogP contribution in [0.2, 0.25) is 0 Å². The van der Waals surface area contributed by atoms with Gasteiger partial charge in [0.1, 0.15) is 5.75 Å². The van der Waals surface area contributed by atoms with Gasteiger partial charge in [-0.2, -0.15) is 0 Å². The van der Waals surface area contributed by atoms with Gasteiger partial charge in [-0.15, -0.1) is 0 Å². The van der Waals surface area contributed by atoms with Gasteiger partial charge in [0.2, 0.25) is 5.75 Å². The summed E-state index contributed by atoms with van der Waals surface area (Å²) in [5.74, 6) is 1.69. The van der Waals surface area contributed by atoms with Gasteiger partial charge in [-0.1, -0.05) is 6.07 Å². The lowest BCUT2D eigenvalue weighted by molar-refractivity contribution is 0.332. The molecule has 0 unspecified atom stereocenters. The Morgan fingerprint density at radius 1 is 0.920 bits per heavy atom. The summed E-state index contributed by atoms with van der Waals surface area (Å²) in [6, 6.07) is 5.80. The highest BCUT2D eigenvalue weighted by Crippen LogP contribution is 2.53. The molecule has 4 heteroatoms. The van der Waals surface area contributed by atoms with Gasteiger partial charge in [0.25, 0.3) is 0 Å². The summed E-state index contributed by atoms with van der Waals surface area (Å²) in [6.07, 6.45) is 6.23. The van der Waals surface area contributed by atoms with E-state index in [1.54, 1.807) is 13.2 Å². The minimum atomic E-state index is 0.147. The monoisotopic (exact) mass is 340 g/mol. The van der Waals surface area contributed by atoms with Crippen molar-refractivity contribution in [3.63, 3.8) is 0 Å². The fraction of sp³-hybridized carbons (Fsp3) is 0.429. The molecule has 0 spiro atoms. The van der Waals surface area contributed by atoms with Crippen LogP contribution in [0.4, 0.5) is 0 Å². The van der Waals surface area contributed by atoms with E-state index in [2.05, 4.69) is 6.07 Å². The van der Waals surface area contributed by atoms with E-state index in [9.17, 15) is 10.2 Å². The molecule has 0 saturated carbocycles. The zero-order chi connectivity index (χ0) is 17.6. The lowest BCUT2D eigenvalue weighted by atomic mass is 9.76. The number of rotatable bonds is 2. The van der Waals surface area contributed by atoms with Crippen LogP contribution in [-0.2, 0) is 12.8 Å². The molecule has 2 bridgehead atoms. The summed E-state index contributed by atoms with van der Waals surface area (Å²) < 4.78 is 11.1. The predicted molar refractivity (Wildman–Crippen MR) is 96.9 cm³/mol. The summed E-state index contributed by atoms with van der Waals surface area (Å²) >= 11 is 0. The smallest absolute Gasteiger partial charge is 0.203 e. The van der Waals surface area contributed by atoms with E-state index in [0.717, 1.165) is 48.8 Å². The normalized spacial score (nSPS) is 18.6. The van der Waals surface area contributed by atoms with Crippen molar-refractivity contribution >= 4 is 0 Å². The third-order valence-corrected chi connectivity index (χ3v) is 5.69. The zero-order valence-corrected chi connectivity index (χ0v) is 14.8. The molecule has 2 aliphatic rings. The molecule has 4 nitrogen and oxygen atoms in total. The molecule has 0 radical (unpaired) electrons. The average molecular weight is 340 g/mol. The SMILES string of the molecule is COc1c2cc(c(O)c1OC)CCC[C@H]1CCCc3ccc(O)c-2c31. The standard InChI is InChI=1S/C21H24O4/c1-24-20-15-11-14(19(23)21(20)25-2)8-4-6-12-5-3-7-13-9-10-16(22)18(15)17(12)13/h9-12,22-23H,3-8H2,1-2H3/t12-/m1/s1. The summed E-state index contributed by atoms with van der Waals surface area (Å²) in [5, 5.41) is 21.3. The molecular formula is C21H24O4. The first kappa shape index (κ1) is 16.1. The van der Waals surface area contributed by atoms with Gasteiger partial charge in [0, 0.05) is 11.1 Å². The Morgan fingerprint density at radius 3 is 2.28 bits per heavy atom. The molecule has 2 aromatic carbocycles. The number of benzene rings is 2. The van der Waals surface area contributed by atoms with Gasteiger partial charge in [0.05, 0.1) is 14.2 Å². The average Bonchev–Trinajstić information content (AvgIpc) is 2.69. The first-order valence-electron chi connectivity index (χ1n) is 8.97. The van der Waals surface area contributed by atoms with Crippen LogP contribution in [0.15, 0.2) is 18.2 Å². The highest BCUT2D eigenvalue weighted by molar-refractivity contribution is 5.84. The first-order chi connectivity index (χ1) is 12.2. The van der Waals surface area contributed by atoms with Crippen molar-refractivity contribution in [3.05, 3.63) is 34.9 Å². The molecule has 1 atom stereocenters. The number of ether oxygens (including phenoxy) is 2. The van der Waals surface area contributed by atoms with E-state index in [1.165, 1.54) is 24.7 Å². The molecule has 132 valence electrons. The summed E-state index contributed by atoms with van der Waals surface area (Å²) in [4.78, 5) is 0. The van der Waals surface area contributed by atoms with Crippen LogP contribution in [0.5, 0.6) is 23.0 Å². The molecular weight excluding hydrogens is 316 g/mol. The maximum absolute atomic E-state index is 10.7. The van der Waals surface area contributed by atoms with Crippen LogP contribution < -0.4 is 9.47 Å². The lowest BCUT2D eigenvalue weighted by Gasteiger charge is -2.29. The topological polar surface area (TPSA) is 58.9 Å². The third kappa shape index (κ3) is 2.43. The maximum Gasteiger partial charge on any atom is 0.203 e. The van der Waals surface area contributed by atoms with Gasteiger partial charge in [-0.05, 0) is 73.3 Å². The summed E-state index contributed by atoms with van der Waals surface area (Å²) in [6.45, 7) is 0. The second-order valence-electron chi connectivity index (χ2n) is 7.01. The Hall–Kier alpha value is -2.36. The van der Waals surface area contributed by atoms with Crippen molar-refractivity contribution in [2.75, 3.05) is 14.2 Å². The molecule has 2 aliphatic carbocycles. The molecule has 2 aromatic rings. The number of hydrogen-bond donors (Lipinski definition) is 2. The largest absolute Gasteiger partial charge is 0.507 e. The minimum Gasteiger partial charge on any atom is -0.507 e. The van der Waals surface area contributed by atoms with Gasteiger partial charge in [-0.3, -0.25) is 0 Å². The molecule has 0 amide bonds. The van der Waals surface area contributed by atoms with E-state index in [4.69, 9.17) is 9.47 Å². The molecule has 0 aliphatic heterocycles. The van der Waals surface area contributed by atoms with E-state index >= 15 is 0 Å². The second-order valence-corrected chi connectivity index (χ2v) is 7.01. The van der Waals surface area contributed by atoms with Crippen LogP contribution in [0.25, 0.3) is 11.1 Å². The number of aryl methyl sites for hydroxylation is 2. The van der Waals surface area contributed by atoms with E-state index in [0.29, 0.717) is 17.4 Å². The van der Waals surface area contributed by atoms with Crippen molar-refractivity contribution in [2.24, 2.45) is 0 Å². The number of hydrogen-bond acceptors (Lipinski definition) is 4. The number of phenols is 2. The number of aromatic hydroxyl groups is 2. The number of phenolic OH excluding ortho intramolecular Hbond substituents is 2. The van der Waals surface area contributed by atoms with Crippen LogP contribution in [0.3, 0.4) is 0 Å². The van der Waals surface area contributed by atoms with Crippen molar-refractivity contribution in [3.8, 4) is 34.1 Å². The lowest BCUT2D eigenvalue weighted by Crippen LogP contribution is -2.11. The van der Waals surface area contributed by atoms with Crippen LogP contribution in [-0.4, -0.2) is 24.4 Å². The van der Waals surface area contributed by atoms with Crippen LogP contribution >= 0.6 is 0 Å². The predicted octanol–water partition coefficient (Wildman–Crippen LogP) is 4.54. The molecule has 0 aromatic heterocycles.